The maximum absolute atomic E-state index is 5.16. The van der Waals surface area contributed by atoms with E-state index < -0.39 is 0 Å². The fraction of sp³-hybridized carbons (Fsp3) is 0.111. The lowest BCUT2D eigenvalue weighted by molar-refractivity contribution is 1.35. The molecular formula is C9H8S. The molecule has 0 aliphatic carbocycles. The van der Waals surface area contributed by atoms with Crippen molar-refractivity contribution in [1.29, 1.82) is 0 Å². The predicted molar refractivity (Wildman–Crippen MR) is 46.9 cm³/mol. The van der Waals surface area contributed by atoms with Gasteiger partial charge in [0, 0.05) is 11.3 Å². The maximum Gasteiger partial charge on any atom is 0.0352 e. The molecule has 0 spiro atoms. The van der Waals surface area contributed by atoms with Crippen LogP contribution in [0.15, 0.2) is 18.0 Å². The van der Waals surface area contributed by atoms with Gasteiger partial charge in [-0.2, -0.15) is 0 Å². The first-order valence-corrected chi connectivity index (χ1v) is 3.88. The van der Waals surface area contributed by atoms with Crippen molar-refractivity contribution in [3.63, 3.8) is 0 Å². The van der Waals surface area contributed by atoms with E-state index in [0.29, 0.717) is 6.42 Å². The summed E-state index contributed by atoms with van der Waals surface area (Å²) in [6.45, 7) is 3.69. The van der Waals surface area contributed by atoms with Crippen LogP contribution in [0, 0.1) is 12.3 Å². The molecule has 1 rings (SSSR count). The molecule has 0 unspecified atom stereocenters. The fourth-order valence-electron chi connectivity index (χ4n) is 0.782. The van der Waals surface area contributed by atoms with E-state index in [0.717, 1.165) is 0 Å². The van der Waals surface area contributed by atoms with Crippen LogP contribution in [0.25, 0.3) is 6.08 Å². The molecule has 1 heterocycles. The zero-order chi connectivity index (χ0) is 7.40. The van der Waals surface area contributed by atoms with Gasteiger partial charge in [-0.25, -0.2) is 0 Å². The van der Waals surface area contributed by atoms with E-state index in [1.54, 1.807) is 11.3 Å². The van der Waals surface area contributed by atoms with Crippen LogP contribution in [0.3, 0.4) is 0 Å². The topological polar surface area (TPSA) is 0 Å². The molecule has 50 valence electrons. The Morgan fingerprint density at radius 2 is 2.60 bits per heavy atom. The summed E-state index contributed by atoms with van der Waals surface area (Å²) in [5.74, 6) is 2.60. The van der Waals surface area contributed by atoms with Gasteiger partial charge in [0.1, 0.15) is 0 Å². The van der Waals surface area contributed by atoms with Gasteiger partial charge < -0.3 is 0 Å². The summed E-state index contributed by atoms with van der Waals surface area (Å²) in [6.07, 6.45) is 7.72. The Bertz CT molecular complexity index is 263. The Morgan fingerprint density at radius 1 is 1.80 bits per heavy atom. The van der Waals surface area contributed by atoms with Crippen LogP contribution in [0.4, 0.5) is 0 Å². The lowest BCUT2D eigenvalue weighted by Gasteiger charge is -1.89. The summed E-state index contributed by atoms with van der Waals surface area (Å²) < 4.78 is 0. The molecule has 0 nitrogen and oxygen atoms in total. The predicted octanol–water partition coefficient (Wildman–Crippen LogP) is 2.57. The van der Waals surface area contributed by atoms with Crippen molar-refractivity contribution in [3.05, 3.63) is 28.5 Å². The quantitative estimate of drug-likeness (QED) is 0.565. The van der Waals surface area contributed by atoms with E-state index in [9.17, 15) is 0 Å². The van der Waals surface area contributed by atoms with Gasteiger partial charge in [-0.1, -0.05) is 12.7 Å². The van der Waals surface area contributed by atoms with E-state index in [4.69, 9.17) is 6.42 Å². The largest absolute Gasteiger partial charge is 0.144 e. The van der Waals surface area contributed by atoms with Gasteiger partial charge >= 0.3 is 0 Å². The normalized spacial score (nSPS) is 8.70. The maximum atomic E-state index is 5.16. The van der Waals surface area contributed by atoms with E-state index in [-0.39, 0.29) is 0 Å². The van der Waals surface area contributed by atoms with Gasteiger partial charge in [-0.05, 0) is 17.0 Å². The second kappa shape index (κ2) is 3.24. The minimum atomic E-state index is 0.713. The Labute approximate surface area is 65.2 Å². The molecule has 0 bridgehead atoms. The minimum Gasteiger partial charge on any atom is -0.144 e. The van der Waals surface area contributed by atoms with Crippen LogP contribution in [0.1, 0.15) is 10.4 Å². The molecule has 0 atom stereocenters. The Hall–Kier alpha value is -1.00. The molecule has 0 fully saturated rings. The minimum absolute atomic E-state index is 0.713. The molecular weight excluding hydrogens is 140 g/mol. The number of hydrogen-bond donors (Lipinski definition) is 0. The SMILES string of the molecule is C#CCc1ccsc1C=C. The van der Waals surface area contributed by atoms with Gasteiger partial charge in [-0.3, -0.25) is 0 Å². The van der Waals surface area contributed by atoms with Crippen LogP contribution >= 0.6 is 11.3 Å². The molecule has 0 amide bonds. The summed E-state index contributed by atoms with van der Waals surface area (Å²) in [5.41, 5.74) is 1.21. The molecule has 0 aliphatic heterocycles. The number of thiophene rings is 1. The van der Waals surface area contributed by atoms with Crippen molar-refractivity contribution in [2.45, 2.75) is 6.42 Å². The highest BCUT2D eigenvalue weighted by molar-refractivity contribution is 7.11. The molecule has 0 N–H and O–H groups in total. The zero-order valence-corrected chi connectivity index (χ0v) is 6.45. The van der Waals surface area contributed by atoms with Crippen LogP contribution in [-0.4, -0.2) is 0 Å². The van der Waals surface area contributed by atoms with Crippen molar-refractivity contribution in [1.82, 2.24) is 0 Å². The molecule has 1 aromatic heterocycles. The zero-order valence-electron chi connectivity index (χ0n) is 5.63. The van der Waals surface area contributed by atoms with Gasteiger partial charge in [0.2, 0.25) is 0 Å². The molecule has 0 aliphatic rings. The number of terminal acetylenes is 1. The molecule has 0 radical (unpaired) electrons. The monoisotopic (exact) mass is 148 g/mol. The molecule has 0 saturated heterocycles. The summed E-state index contributed by atoms with van der Waals surface area (Å²) in [4.78, 5) is 1.19. The summed E-state index contributed by atoms with van der Waals surface area (Å²) in [6, 6.07) is 2.04. The van der Waals surface area contributed by atoms with Gasteiger partial charge in [0.25, 0.3) is 0 Å². The first-order chi connectivity index (χ1) is 4.88. The highest BCUT2D eigenvalue weighted by Crippen LogP contribution is 2.17. The smallest absolute Gasteiger partial charge is 0.0352 e. The average molecular weight is 148 g/mol. The van der Waals surface area contributed by atoms with E-state index in [1.807, 2.05) is 17.5 Å². The summed E-state index contributed by atoms with van der Waals surface area (Å²) in [7, 11) is 0. The van der Waals surface area contributed by atoms with Crippen molar-refractivity contribution in [2.24, 2.45) is 0 Å². The highest BCUT2D eigenvalue weighted by Gasteiger charge is 1.96. The van der Waals surface area contributed by atoms with Crippen LogP contribution in [0.2, 0.25) is 0 Å². The third kappa shape index (κ3) is 1.29. The lowest BCUT2D eigenvalue weighted by Crippen LogP contribution is -1.77. The molecule has 0 aromatic carbocycles. The Kier molecular flexibility index (Phi) is 2.30. The van der Waals surface area contributed by atoms with Crippen LogP contribution < -0.4 is 0 Å². The van der Waals surface area contributed by atoms with Crippen molar-refractivity contribution >= 4 is 17.4 Å². The van der Waals surface area contributed by atoms with Gasteiger partial charge in [0.15, 0.2) is 0 Å². The third-order valence-corrected chi connectivity index (χ3v) is 2.21. The van der Waals surface area contributed by atoms with Crippen molar-refractivity contribution in [3.8, 4) is 12.3 Å². The molecule has 10 heavy (non-hydrogen) atoms. The lowest BCUT2D eigenvalue weighted by atomic mass is 10.2. The van der Waals surface area contributed by atoms with E-state index in [1.165, 1.54) is 10.4 Å². The molecule has 1 heteroatoms. The summed E-state index contributed by atoms with van der Waals surface area (Å²) in [5, 5.41) is 2.03. The standard InChI is InChI=1S/C9H8S/c1-3-5-8-6-7-10-9(8)4-2/h1,4,6-7H,2,5H2. The Balaban J connectivity index is 2.92. The Morgan fingerprint density at radius 3 is 3.20 bits per heavy atom. The first-order valence-electron chi connectivity index (χ1n) is 3.00. The first kappa shape index (κ1) is 7.11. The van der Waals surface area contributed by atoms with Crippen molar-refractivity contribution in [2.75, 3.05) is 0 Å². The van der Waals surface area contributed by atoms with Gasteiger partial charge in [0.05, 0.1) is 0 Å². The number of hydrogen-bond acceptors (Lipinski definition) is 1. The van der Waals surface area contributed by atoms with Crippen molar-refractivity contribution < 1.29 is 0 Å². The van der Waals surface area contributed by atoms with E-state index in [2.05, 4.69) is 12.5 Å². The number of rotatable bonds is 2. The summed E-state index contributed by atoms with van der Waals surface area (Å²) >= 11 is 1.68. The second-order valence-electron chi connectivity index (χ2n) is 1.90. The average Bonchev–Trinajstić information content (AvgIpc) is 2.36. The van der Waals surface area contributed by atoms with Crippen LogP contribution in [-0.2, 0) is 6.42 Å². The molecule has 1 aromatic rings. The van der Waals surface area contributed by atoms with Crippen LogP contribution in [0.5, 0.6) is 0 Å². The highest BCUT2D eigenvalue weighted by atomic mass is 32.1. The van der Waals surface area contributed by atoms with Gasteiger partial charge in [-0.15, -0.1) is 23.7 Å². The van der Waals surface area contributed by atoms with E-state index >= 15 is 0 Å². The third-order valence-electron chi connectivity index (χ3n) is 1.26. The molecule has 0 saturated carbocycles. The fourth-order valence-corrected chi connectivity index (χ4v) is 1.55. The second-order valence-corrected chi connectivity index (χ2v) is 2.84.